The van der Waals surface area contributed by atoms with Crippen molar-refractivity contribution in [3.8, 4) is 0 Å². The normalized spacial score (nSPS) is 20.3. The van der Waals surface area contributed by atoms with Crippen molar-refractivity contribution in [3.63, 3.8) is 0 Å². The fraction of sp³-hybridized carbons (Fsp3) is 0.471. The summed E-state index contributed by atoms with van der Waals surface area (Å²) < 4.78 is 0. The zero-order chi connectivity index (χ0) is 17.0. The lowest BCUT2D eigenvalue weighted by molar-refractivity contribution is -0.132. The number of aliphatic hydroxyl groups is 1. The molecule has 1 aliphatic rings. The summed E-state index contributed by atoms with van der Waals surface area (Å²) in [6.45, 7) is 1.47. The van der Waals surface area contributed by atoms with E-state index < -0.39 is 5.60 Å². The molecular weight excluding hydrogens is 324 g/mol. The van der Waals surface area contributed by atoms with Crippen LogP contribution in [0.4, 0.5) is 5.95 Å². The molecule has 0 unspecified atom stereocenters. The number of rotatable bonds is 6. The van der Waals surface area contributed by atoms with Gasteiger partial charge in [-0.05, 0) is 30.4 Å². The molecule has 3 heterocycles. The molecule has 7 heteroatoms. The van der Waals surface area contributed by atoms with Gasteiger partial charge in [0.2, 0.25) is 11.9 Å². The average molecular weight is 346 g/mol. The van der Waals surface area contributed by atoms with Crippen LogP contribution >= 0.6 is 11.3 Å². The molecule has 6 nitrogen and oxygen atoms in total. The van der Waals surface area contributed by atoms with Crippen LogP contribution in [0, 0.1) is 0 Å². The summed E-state index contributed by atoms with van der Waals surface area (Å²) in [6, 6.07) is 5.81. The van der Waals surface area contributed by atoms with E-state index in [-0.39, 0.29) is 5.91 Å². The van der Waals surface area contributed by atoms with Crippen molar-refractivity contribution in [1.29, 1.82) is 0 Å². The van der Waals surface area contributed by atoms with E-state index in [1.807, 2.05) is 22.4 Å². The van der Waals surface area contributed by atoms with Gasteiger partial charge < -0.3 is 14.9 Å². The van der Waals surface area contributed by atoms with Crippen LogP contribution in [0.1, 0.15) is 17.7 Å². The number of amides is 1. The highest BCUT2D eigenvalue weighted by atomic mass is 32.1. The maximum atomic E-state index is 12.3. The zero-order valence-electron chi connectivity index (χ0n) is 13.8. The molecule has 128 valence electrons. The van der Waals surface area contributed by atoms with Gasteiger partial charge in [-0.1, -0.05) is 6.07 Å². The minimum atomic E-state index is -0.910. The van der Waals surface area contributed by atoms with Gasteiger partial charge >= 0.3 is 0 Å². The summed E-state index contributed by atoms with van der Waals surface area (Å²) in [7, 11) is 1.76. The third-order valence-electron chi connectivity index (χ3n) is 4.29. The molecule has 0 radical (unpaired) electrons. The van der Waals surface area contributed by atoms with Gasteiger partial charge in [0.05, 0.1) is 13.1 Å². The number of aryl methyl sites for hydroxylation is 1. The minimum Gasteiger partial charge on any atom is -0.386 e. The third-order valence-corrected chi connectivity index (χ3v) is 5.23. The van der Waals surface area contributed by atoms with Crippen LogP contribution in [0.5, 0.6) is 0 Å². The Morgan fingerprint density at radius 3 is 2.92 bits per heavy atom. The van der Waals surface area contributed by atoms with Gasteiger partial charge in [0.25, 0.3) is 0 Å². The molecule has 1 amide bonds. The van der Waals surface area contributed by atoms with Crippen LogP contribution in [0.3, 0.4) is 0 Å². The topological polar surface area (TPSA) is 69.6 Å². The van der Waals surface area contributed by atoms with Gasteiger partial charge in [-0.15, -0.1) is 11.3 Å². The summed E-state index contributed by atoms with van der Waals surface area (Å²) in [6.07, 6.45) is 5.22. The molecule has 1 fully saturated rings. The number of aromatic nitrogens is 2. The zero-order valence-corrected chi connectivity index (χ0v) is 14.6. The van der Waals surface area contributed by atoms with Crippen molar-refractivity contribution in [2.45, 2.75) is 24.9 Å². The SMILES string of the molecule is CN(C[C@@]1(O)CCN(c2ncccn2)C1)C(=O)CCc1cccs1. The van der Waals surface area contributed by atoms with Crippen LogP contribution in [-0.4, -0.2) is 58.2 Å². The summed E-state index contributed by atoms with van der Waals surface area (Å²) in [5.41, 5.74) is -0.910. The van der Waals surface area contributed by atoms with E-state index in [0.717, 1.165) is 6.42 Å². The highest BCUT2D eigenvalue weighted by Gasteiger charge is 2.38. The van der Waals surface area contributed by atoms with E-state index in [9.17, 15) is 9.90 Å². The molecule has 1 N–H and O–H groups in total. The first kappa shape index (κ1) is 16.9. The molecule has 1 aliphatic heterocycles. The van der Waals surface area contributed by atoms with Crippen LogP contribution in [0.15, 0.2) is 36.0 Å². The molecule has 0 bridgehead atoms. The molecule has 1 saturated heterocycles. The first-order chi connectivity index (χ1) is 11.6. The molecule has 0 spiro atoms. The minimum absolute atomic E-state index is 0.0613. The van der Waals surface area contributed by atoms with Crippen LogP contribution in [0.25, 0.3) is 0 Å². The molecule has 1 atom stereocenters. The predicted molar refractivity (Wildman–Crippen MR) is 94.1 cm³/mol. The van der Waals surface area contributed by atoms with E-state index >= 15 is 0 Å². The first-order valence-corrected chi connectivity index (χ1v) is 8.94. The van der Waals surface area contributed by atoms with Crippen molar-refractivity contribution in [2.75, 3.05) is 31.6 Å². The molecule has 0 saturated carbocycles. The second-order valence-electron chi connectivity index (χ2n) is 6.27. The Balaban J connectivity index is 1.52. The van der Waals surface area contributed by atoms with Crippen LogP contribution in [-0.2, 0) is 11.2 Å². The van der Waals surface area contributed by atoms with Gasteiger partial charge in [-0.3, -0.25) is 4.79 Å². The Hall–Kier alpha value is -1.99. The lowest BCUT2D eigenvalue weighted by atomic mass is 10.0. The van der Waals surface area contributed by atoms with Crippen molar-refractivity contribution < 1.29 is 9.90 Å². The molecular formula is C17H22N4O2S. The second kappa shape index (κ2) is 7.27. The van der Waals surface area contributed by atoms with Gasteiger partial charge in [0, 0.05) is 37.3 Å². The number of hydrogen-bond acceptors (Lipinski definition) is 6. The van der Waals surface area contributed by atoms with Crippen molar-refractivity contribution in [2.24, 2.45) is 0 Å². The van der Waals surface area contributed by atoms with Crippen LogP contribution < -0.4 is 4.90 Å². The highest BCUT2D eigenvalue weighted by Crippen LogP contribution is 2.25. The second-order valence-corrected chi connectivity index (χ2v) is 7.31. The molecule has 2 aromatic rings. The lowest BCUT2D eigenvalue weighted by Gasteiger charge is -2.29. The Bertz CT molecular complexity index is 664. The fourth-order valence-corrected chi connectivity index (χ4v) is 3.73. The number of hydrogen-bond donors (Lipinski definition) is 1. The van der Waals surface area contributed by atoms with E-state index in [1.54, 1.807) is 41.7 Å². The molecule has 3 rings (SSSR count). The Morgan fingerprint density at radius 2 is 2.21 bits per heavy atom. The Labute approximate surface area is 145 Å². The molecule has 24 heavy (non-hydrogen) atoms. The van der Waals surface area contributed by atoms with Gasteiger partial charge in [0.15, 0.2) is 0 Å². The average Bonchev–Trinajstić information content (AvgIpc) is 3.23. The Kier molecular flexibility index (Phi) is 5.11. The number of carbonyl (C=O) groups excluding carboxylic acids is 1. The lowest BCUT2D eigenvalue weighted by Crippen LogP contribution is -2.46. The maximum Gasteiger partial charge on any atom is 0.225 e. The summed E-state index contributed by atoms with van der Waals surface area (Å²) in [5.74, 6) is 0.686. The van der Waals surface area contributed by atoms with Gasteiger partial charge in [0.1, 0.15) is 5.60 Å². The number of carbonyl (C=O) groups is 1. The van der Waals surface area contributed by atoms with Crippen LogP contribution in [0.2, 0.25) is 0 Å². The van der Waals surface area contributed by atoms with Gasteiger partial charge in [-0.25, -0.2) is 9.97 Å². The summed E-state index contributed by atoms with van der Waals surface area (Å²) in [4.78, 5) is 25.6. The Morgan fingerprint density at radius 1 is 1.42 bits per heavy atom. The van der Waals surface area contributed by atoms with E-state index in [0.29, 0.717) is 38.4 Å². The highest BCUT2D eigenvalue weighted by molar-refractivity contribution is 7.09. The molecule has 2 aromatic heterocycles. The number of likely N-dealkylation sites (N-methyl/N-ethyl adjacent to an activating group) is 1. The predicted octanol–water partition coefficient (Wildman–Crippen LogP) is 1.57. The van der Waals surface area contributed by atoms with E-state index in [4.69, 9.17) is 0 Å². The summed E-state index contributed by atoms with van der Waals surface area (Å²) in [5, 5.41) is 12.8. The van der Waals surface area contributed by atoms with Crippen molar-refractivity contribution in [3.05, 3.63) is 40.8 Å². The maximum absolute atomic E-state index is 12.3. The first-order valence-electron chi connectivity index (χ1n) is 8.06. The smallest absolute Gasteiger partial charge is 0.225 e. The summed E-state index contributed by atoms with van der Waals surface area (Å²) >= 11 is 1.67. The van der Waals surface area contributed by atoms with E-state index in [1.165, 1.54) is 4.88 Å². The standard InChI is InChI=1S/C17H22N4O2S/c1-20(15(22)6-5-14-4-2-11-24-14)12-17(23)7-10-21(13-17)16-18-8-3-9-19-16/h2-4,8-9,11,23H,5-7,10,12-13H2,1H3/t17-/m0/s1. The fourth-order valence-electron chi connectivity index (χ4n) is 3.02. The number of anilines is 1. The largest absolute Gasteiger partial charge is 0.386 e. The number of β-amino-alcohol motifs (C(OH)–C–C–N with tert-alkyl or cyclic N) is 1. The monoisotopic (exact) mass is 346 g/mol. The third kappa shape index (κ3) is 4.10. The number of nitrogens with zero attached hydrogens (tertiary/aromatic N) is 4. The van der Waals surface area contributed by atoms with E-state index in [2.05, 4.69) is 9.97 Å². The molecule has 0 aromatic carbocycles. The molecule has 0 aliphatic carbocycles. The van der Waals surface area contributed by atoms with Gasteiger partial charge in [-0.2, -0.15) is 0 Å². The van der Waals surface area contributed by atoms with Crippen molar-refractivity contribution >= 4 is 23.2 Å². The quantitative estimate of drug-likeness (QED) is 0.860. The van der Waals surface area contributed by atoms with Crippen molar-refractivity contribution in [1.82, 2.24) is 14.9 Å². The number of thiophene rings is 1.